The Balaban J connectivity index is 5.59. The number of carboxylic acid groups (broad SMARTS) is 1. The molecule has 5 amide bonds. The van der Waals surface area contributed by atoms with E-state index in [2.05, 4.69) is 16.0 Å². The van der Waals surface area contributed by atoms with Gasteiger partial charge in [0, 0.05) is 0 Å². The highest BCUT2D eigenvalue weighted by atomic mass is 16.4. The van der Waals surface area contributed by atoms with Crippen LogP contribution in [0.4, 0.5) is 0 Å². The van der Waals surface area contributed by atoms with Crippen LogP contribution in [0.3, 0.4) is 0 Å². The van der Waals surface area contributed by atoms with Crippen molar-refractivity contribution in [2.75, 3.05) is 6.54 Å². The highest BCUT2D eigenvalue weighted by Crippen LogP contribution is 2.07. The average Bonchev–Trinajstić information content (AvgIpc) is 2.75. The Bertz CT molecular complexity index is 747. The van der Waals surface area contributed by atoms with Gasteiger partial charge in [-0.05, 0) is 31.7 Å². The van der Waals surface area contributed by atoms with Crippen molar-refractivity contribution in [3.8, 4) is 0 Å². The molecule has 0 aliphatic rings. The van der Waals surface area contributed by atoms with Crippen molar-refractivity contribution in [1.82, 2.24) is 16.0 Å². The van der Waals surface area contributed by atoms with E-state index in [-0.39, 0.29) is 12.3 Å². The third kappa shape index (κ3) is 11.6. The molecule has 5 unspecified atom stereocenters. The van der Waals surface area contributed by atoms with Gasteiger partial charge in [0.15, 0.2) is 0 Å². The summed E-state index contributed by atoms with van der Waals surface area (Å²) in [6, 6.07) is -5.20. The Labute approximate surface area is 197 Å². The fourth-order valence-electron chi connectivity index (χ4n) is 2.90. The van der Waals surface area contributed by atoms with E-state index in [1.165, 1.54) is 0 Å². The first-order valence-electron chi connectivity index (χ1n) is 11.0. The van der Waals surface area contributed by atoms with Crippen LogP contribution in [-0.2, 0) is 28.8 Å². The second-order valence-corrected chi connectivity index (χ2v) is 8.06. The molecule has 0 saturated heterocycles. The van der Waals surface area contributed by atoms with Gasteiger partial charge in [-0.25, -0.2) is 4.79 Å². The summed E-state index contributed by atoms with van der Waals surface area (Å²) >= 11 is 0. The number of carboxylic acids is 1. The fraction of sp³-hybridized carbons (Fsp3) is 0.700. The van der Waals surface area contributed by atoms with Gasteiger partial charge in [-0.3, -0.25) is 24.0 Å². The van der Waals surface area contributed by atoms with E-state index in [1.807, 2.05) is 6.92 Å². The molecule has 0 heterocycles. The average molecular weight is 488 g/mol. The molecule has 34 heavy (non-hydrogen) atoms. The van der Waals surface area contributed by atoms with Gasteiger partial charge in [0.05, 0.1) is 18.9 Å². The van der Waals surface area contributed by atoms with Crippen molar-refractivity contribution in [2.24, 2.45) is 28.9 Å². The summed E-state index contributed by atoms with van der Waals surface area (Å²) in [5.41, 5.74) is 21.6. The van der Waals surface area contributed by atoms with E-state index in [4.69, 9.17) is 22.9 Å². The van der Waals surface area contributed by atoms with Gasteiger partial charge in [0.2, 0.25) is 29.5 Å². The molecule has 0 aromatic heterocycles. The molecule has 14 nitrogen and oxygen atoms in total. The molecule has 0 spiro atoms. The number of rotatable bonds is 17. The van der Waals surface area contributed by atoms with Gasteiger partial charge in [0.1, 0.15) is 18.1 Å². The zero-order chi connectivity index (χ0) is 26.4. The molecule has 0 rings (SSSR count). The lowest BCUT2D eigenvalue weighted by molar-refractivity contribution is -0.144. The third-order valence-corrected chi connectivity index (χ3v) is 5.20. The lowest BCUT2D eigenvalue weighted by atomic mass is 9.98. The maximum absolute atomic E-state index is 12.9. The highest BCUT2D eigenvalue weighted by Gasteiger charge is 2.32. The van der Waals surface area contributed by atoms with Crippen LogP contribution in [0.15, 0.2) is 0 Å². The topological polar surface area (TPSA) is 263 Å². The zero-order valence-corrected chi connectivity index (χ0v) is 19.5. The molecule has 0 aliphatic carbocycles. The smallest absolute Gasteiger partial charge is 0.326 e. The van der Waals surface area contributed by atoms with E-state index < -0.39 is 72.5 Å². The quantitative estimate of drug-likeness (QED) is 0.0957. The van der Waals surface area contributed by atoms with Gasteiger partial charge < -0.3 is 44.0 Å². The Hall–Kier alpha value is -3.26. The van der Waals surface area contributed by atoms with Crippen molar-refractivity contribution in [3.05, 3.63) is 0 Å². The van der Waals surface area contributed by atoms with Crippen molar-refractivity contribution in [2.45, 2.75) is 76.5 Å². The SMILES string of the molecule is CCC(C)C(N)C(=O)NC(CC(N)=O)C(=O)NC(CCCCN)C(=O)NC(CC(N)=O)C(=O)O. The first-order chi connectivity index (χ1) is 15.8. The molecular formula is C20H37N7O7. The molecule has 0 fully saturated rings. The number of hydrogen-bond donors (Lipinski definition) is 8. The number of amides is 5. The molecule has 0 aromatic carbocycles. The van der Waals surface area contributed by atoms with Gasteiger partial charge in [-0.2, -0.15) is 0 Å². The summed E-state index contributed by atoms with van der Waals surface area (Å²) in [5.74, 6) is -5.97. The predicted molar refractivity (Wildman–Crippen MR) is 121 cm³/mol. The van der Waals surface area contributed by atoms with E-state index in [9.17, 15) is 33.9 Å². The van der Waals surface area contributed by atoms with Gasteiger partial charge in [-0.15, -0.1) is 0 Å². The lowest BCUT2D eigenvalue weighted by Crippen LogP contribution is -2.58. The Morgan fingerprint density at radius 2 is 1.26 bits per heavy atom. The number of hydrogen-bond acceptors (Lipinski definition) is 8. The number of nitrogens with one attached hydrogen (secondary N) is 3. The van der Waals surface area contributed by atoms with E-state index >= 15 is 0 Å². The van der Waals surface area contributed by atoms with Gasteiger partial charge in [0.25, 0.3) is 0 Å². The van der Waals surface area contributed by atoms with Crippen LogP contribution in [0.2, 0.25) is 0 Å². The van der Waals surface area contributed by atoms with Crippen LogP contribution in [0.25, 0.3) is 0 Å². The monoisotopic (exact) mass is 487 g/mol. The summed E-state index contributed by atoms with van der Waals surface area (Å²) in [6.07, 6.45) is 0.366. The van der Waals surface area contributed by atoms with E-state index in [1.54, 1.807) is 6.92 Å². The summed E-state index contributed by atoms with van der Waals surface area (Å²) in [7, 11) is 0. The molecule has 0 aliphatic heterocycles. The molecule has 12 N–H and O–H groups in total. The van der Waals surface area contributed by atoms with Crippen molar-refractivity contribution >= 4 is 35.5 Å². The van der Waals surface area contributed by atoms with Gasteiger partial charge >= 0.3 is 5.97 Å². The largest absolute Gasteiger partial charge is 0.480 e. The summed E-state index contributed by atoms with van der Waals surface area (Å²) in [4.78, 5) is 71.9. The van der Waals surface area contributed by atoms with Crippen molar-refractivity contribution in [3.63, 3.8) is 0 Å². The number of carbonyl (C=O) groups is 6. The molecule has 5 atom stereocenters. The van der Waals surface area contributed by atoms with Crippen molar-refractivity contribution < 1.29 is 33.9 Å². The molecule has 0 radical (unpaired) electrons. The molecule has 0 bridgehead atoms. The maximum Gasteiger partial charge on any atom is 0.326 e. The van der Waals surface area contributed by atoms with Crippen LogP contribution in [0.5, 0.6) is 0 Å². The fourth-order valence-corrected chi connectivity index (χ4v) is 2.90. The minimum atomic E-state index is -1.60. The number of nitrogens with two attached hydrogens (primary N) is 4. The predicted octanol–water partition coefficient (Wildman–Crippen LogP) is -3.22. The van der Waals surface area contributed by atoms with E-state index in [0.717, 1.165) is 0 Å². The Morgan fingerprint density at radius 1 is 0.794 bits per heavy atom. The number of carbonyl (C=O) groups excluding carboxylic acids is 5. The molecule has 14 heteroatoms. The minimum Gasteiger partial charge on any atom is -0.480 e. The van der Waals surface area contributed by atoms with Crippen LogP contribution < -0.4 is 38.9 Å². The normalized spacial score (nSPS) is 15.2. The van der Waals surface area contributed by atoms with Crippen LogP contribution >= 0.6 is 0 Å². The first-order valence-corrected chi connectivity index (χ1v) is 11.0. The highest BCUT2D eigenvalue weighted by molar-refractivity contribution is 5.96. The van der Waals surface area contributed by atoms with Gasteiger partial charge in [-0.1, -0.05) is 20.3 Å². The lowest BCUT2D eigenvalue weighted by Gasteiger charge is -2.25. The molecule has 194 valence electrons. The number of aliphatic carboxylic acids is 1. The molecule has 0 aromatic rings. The number of primary amides is 2. The van der Waals surface area contributed by atoms with Crippen molar-refractivity contribution in [1.29, 1.82) is 0 Å². The number of unbranched alkanes of at least 4 members (excludes halogenated alkanes) is 1. The minimum absolute atomic E-state index is 0.0707. The van der Waals surface area contributed by atoms with Crippen LogP contribution in [-0.4, -0.2) is 71.3 Å². The van der Waals surface area contributed by atoms with E-state index in [0.29, 0.717) is 25.8 Å². The zero-order valence-electron chi connectivity index (χ0n) is 19.5. The molecular weight excluding hydrogens is 450 g/mol. The second kappa shape index (κ2) is 15.6. The Kier molecular flexibility index (Phi) is 14.1. The summed E-state index contributed by atoms with van der Waals surface area (Å²) in [6.45, 7) is 3.89. The first kappa shape index (κ1) is 30.7. The molecule has 0 saturated carbocycles. The summed E-state index contributed by atoms with van der Waals surface area (Å²) < 4.78 is 0. The maximum atomic E-state index is 12.9. The summed E-state index contributed by atoms with van der Waals surface area (Å²) in [5, 5.41) is 16.2. The standard InChI is InChI=1S/C20H37N7O7/c1-3-10(2)16(24)19(32)26-12(8-14(22)28)18(31)25-11(6-4-5-7-21)17(30)27-13(20(33)34)9-15(23)29/h10-13,16H,3-9,21,24H2,1-2H3,(H2,22,28)(H2,23,29)(H,25,31)(H,26,32)(H,27,30)(H,33,34). The second-order valence-electron chi connectivity index (χ2n) is 8.06. The van der Waals surface area contributed by atoms with Crippen LogP contribution in [0, 0.1) is 5.92 Å². The Morgan fingerprint density at radius 3 is 1.74 bits per heavy atom. The third-order valence-electron chi connectivity index (χ3n) is 5.20. The van der Waals surface area contributed by atoms with Crippen LogP contribution in [0.1, 0.15) is 52.4 Å².